The van der Waals surface area contributed by atoms with E-state index in [4.69, 9.17) is 5.73 Å². The Morgan fingerprint density at radius 2 is 2.58 bits per heavy atom. The summed E-state index contributed by atoms with van der Waals surface area (Å²) in [4.78, 5) is 4.35. The van der Waals surface area contributed by atoms with E-state index in [1.165, 1.54) is 12.2 Å². The van der Waals surface area contributed by atoms with Crippen molar-refractivity contribution in [2.45, 2.75) is 25.8 Å². The Bertz CT molecular complexity index is 266. The Morgan fingerprint density at radius 3 is 3.17 bits per heavy atom. The Labute approximate surface area is 72.6 Å². The van der Waals surface area contributed by atoms with Crippen LogP contribution in [0.2, 0.25) is 0 Å². The van der Waals surface area contributed by atoms with Gasteiger partial charge in [-0.25, -0.2) is 4.98 Å². The van der Waals surface area contributed by atoms with Gasteiger partial charge in [-0.2, -0.15) is 0 Å². The Balaban J connectivity index is 2.13. The number of nitrogens with two attached hydrogens (primary N) is 1. The minimum Gasteiger partial charge on any atom is -0.335 e. The van der Waals surface area contributed by atoms with Crippen molar-refractivity contribution in [2.75, 3.05) is 6.54 Å². The van der Waals surface area contributed by atoms with Crippen molar-refractivity contribution in [2.24, 2.45) is 11.7 Å². The fourth-order valence-electron chi connectivity index (χ4n) is 1.74. The number of hydrogen-bond donors (Lipinski definition) is 1. The zero-order valence-corrected chi connectivity index (χ0v) is 7.40. The summed E-state index contributed by atoms with van der Waals surface area (Å²) < 4.78 is 2.21. The first-order valence-electron chi connectivity index (χ1n) is 4.58. The van der Waals surface area contributed by atoms with Gasteiger partial charge in [0.05, 0.1) is 0 Å². The third-order valence-corrected chi connectivity index (χ3v) is 2.65. The average Bonchev–Trinajstić information content (AvgIpc) is 2.74. The van der Waals surface area contributed by atoms with Crippen LogP contribution in [0.25, 0.3) is 0 Å². The minimum absolute atomic E-state index is 0.643. The molecule has 0 spiro atoms. The Morgan fingerprint density at radius 1 is 1.75 bits per heavy atom. The van der Waals surface area contributed by atoms with E-state index in [0.29, 0.717) is 11.8 Å². The molecule has 3 nitrogen and oxygen atoms in total. The minimum atomic E-state index is 0.643. The molecule has 2 atom stereocenters. The molecule has 1 saturated carbocycles. The predicted octanol–water partition coefficient (Wildman–Crippen LogP) is 0.965. The second-order valence-corrected chi connectivity index (χ2v) is 3.41. The summed E-state index contributed by atoms with van der Waals surface area (Å²) >= 11 is 0. The van der Waals surface area contributed by atoms with Gasteiger partial charge in [-0.05, 0) is 25.8 Å². The van der Waals surface area contributed by atoms with Crippen molar-refractivity contribution >= 4 is 0 Å². The average molecular weight is 165 g/mol. The molecular weight excluding hydrogens is 150 g/mol. The summed E-state index contributed by atoms with van der Waals surface area (Å²) in [6, 6.07) is 0. The van der Waals surface area contributed by atoms with E-state index >= 15 is 0 Å². The lowest BCUT2D eigenvalue weighted by molar-refractivity contribution is 0.675. The third-order valence-electron chi connectivity index (χ3n) is 2.65. The summed E-state index contributed by atoms with van der Waals surface area (Å²) in [6.07, 6.45) is 5.15. The molecule has 2 N–H and O–H groups in total. The van der Waals surface area contributed by atoms with Crippen LogP contribution in [0.5, 0.6) is 0 Å². The van der Waals surface area contributed by atoms with Gasteiger partial charge >= 0.3 is 0 Å². The largest absolute Gasteiger partial charge is 0.335 e. The monoisotopic (exact) mass is 165 g/mol. The van der Waals surface area contributed by atoms with Gasteiger partial charge in [0.25, 0.3) is 0 Å². The quantitative estimate of drug-likeness (QED) is 0.725. The number of nitrogens with zero attached hydrogens (tertiary/aromatic N) is 2. The molecule has 0 bridgehead atoms. The fourth-order valence-corrected chi connectivity index (χ4v) is 1.74. The molecule has 0 unspecified atom stereocenters. The molecule has 1 heterocycles. The number of aryl methyl sites for hydroxylation is 1. The van der Waals surface area contributed by atoms with Gasteiger partial charge in [-0.1, -0.05) is 0 Å². The molecule has 1 aromatic heterocycles. The van der Waals surface area contributed by atoms with E-state index in [1.54, 1.807) is 0 Å². The number of aromatic nitrogens is 2. The molecule has 0 saturated heterocycles. The highest BCUT2D eigenvalue weighted by molar-refractivity contribution is 5.12. The van der Waals surface area contributed by atoms with Gasteiger partial charge in [-0.15, -0.1) is 0 Å². The van der Waals surface area contributed by atoms with Gasteiger partial charge in [0.1, 0.15) is 5.82 Å². The molecule has 1 fully saturated rings. The topological polar surface area (TPSA) is 43.8 Å². The van der Waals surface area contributed by atoms with Crippen LogP contribution in [-0.4, -0.2) is 16.1 Å². The number of hydrogen-bond acceptors (Lipinski definition) is 2. The smallest absolute Gasteiger partial charge is 0.112 e. The third kappa shape index (κ3) is 1.14. The molecule has 0 aliphatic heterocycles. The van der Waals surface area contributed by atoms with E-state index in [1.807, 2.05) is 12.4 Å². The molecule has 66 valence electrons. The van der Waals surface area contributed by atoms with Gasteiger partial charge in [0.15, 0.2) is 0 Å². The maximum atomic E-state index is 5.58. The first kappa shape index (κ1) is 7.80. The van der Waals surface area contributed by atoms with Crippen LogP contribution in [0.4, 0.5) is 0 Å². The summed E-state index contributed by atoms with van der Waals surface area (Å²) in [5.74, 6) is 2.57. The molecule has 0 amide bonds. The molecule has 2 rings (SSSR count). The predicted molar refractivity (Wildman–Crippen MR) is 47.8 cm³/mol. The van der Waals surface area contributed by atoms with Crippen molar-refractivity contribution in [1.82, 2.24) is 9.55 Å². The molecule has 1 aliphatic rings. The van der Waals surface area contributed by atoms with Gasteiger partial charge in [0, 0.05) is 24.9 Å². The van der Waals surface area contributed by atoms with Gasteiger partial charge in [-0.3, -0.25) is 0 Å². The standard InChI is InChI=1S/C9H15N3/c1-2-12-4-3-11-9(12)8-5-7(8)6-10/h3-4,7-8H,2,5-6,10H2,1H3/t7-,8+/m0/s1. The summed E-state index contributed by atoms with van der Waals surface area (Å²) in [5, 5.41) is 0. The Kier molecular flexibility index (Phi) is 1.89. The van der Waals surface area contributed by atoms with E-state index in [2.05, 4.69) is 16.5 Å². The van der Waals surface area contributed by atoms with Gasteiger partial charge in [0.2, 0.25) is 0 Å². The first-order valence-corrected chi connectivity index (χ1v) is 4.58. The lowest BCUT2D eigenvalue weighted by Crippen LogP contribution is -2.05. The van der Waals surface area contributed by atoms with Crippen molar-refractivity contribution in [3.05, 3.63) is 18.2 Å². The van der Waals surface area contributed by atoms with Crippen molar-refractivity contribution in [1.29, 1.82) is 0 Å². The zero-order chi connectivity index (χ0) is 8.55. The summed E-state index contributed by atoms with van der Waals surface area (Å²) in [5.41, 5.74) is 5.58. The van der Waals surface area contributed by atoms with Crippen LogP contribution < -0.4 is 5.73 Å². The highest BCUT2D eigenvalue weighted by Gasteiger charge is 2.39. The van der Waals surface area contributed by atoms with E-state index in [0.717, 1.165) is 13.1 Å². The molecule has 12 heavy (non-hydrogen) atoms. The highest BCUT2D eigenvalue weighted by Crippen LogP contribution is 2.45. The van der Waals surface area contributed by atoms with Crippen LogP contribution >= 0.6 is 0 Å². The summed E-state index contributed by atoms with van der Waals surface area (Å²) in [7, 11) is 0. The van der Waals surface area contributed by atoms with Crippen LogP contribution in [-0.2, 0) is 6.54 Å². The number of imidazole rings is 1. The first-order chi connectivity index (χ1) is 5.86. The van der Waals surface area contributed by atoms with E-state index < -0.39 is 0 Å². The second-order valence-electron chi connectivity index (χ2n) is 3.41. The zero-order valence-electron chi connectivity index (χ0n) is 7.40. The maximum absolute atomic E-state index is 5.58. The second kappa shape index (κ2) is 2.90. The lowest BCUT2D eigenvalue weighted by atomic mass is 10.3. The molecule has 3 heteroatoms. The normalized spacial score (nSPS) is 27.5. The van der Waals surface area contributed by atoms with Crippen LogP contribution in [0.15, 0.2) is 12.4 Å². The van der Waals surface area contributed by atoms with Crippen LogP contribution in [0, 0.1) is 5.92 Å². The molecule has 1 aromatic rings. The molecule has 0 aromatic carbocycles. The van der Waals surface area contributed by atoms with E-state index in [9.17, 15) is 0 Å². The van der Waals surface area contributed by atoms with Crippen molar-refractivity contribution < 1.29 is 0 Å². The summed E-state index contributed by atoms with van der Waals surface area (Å²) in [6.45, 7) is 3.97. The fraction of sp³-hybridized carbons (Fsp3) is 0.667. The Hall–Kier alpha value is -0.830. The van der Waals surface area contributed by atoms with Gasteiger partial charge < -0.3 is 10.3 Å². The van der Waals surface area contributed by atoms with Crippen molar-refractivity contribution in [3.63, 3.8) is 0 Å². The highest BCUT2D eigenvalue weighted by atomic mass is 15.1. The molecule has 0 radical (unpaired) electrons. The SMILES string of the molecule is CCn1ccnc1[C@@H]1C[C@H]1CN. The van der Waals surface area contributed by atoms with Crippen LogP contribution in [0.1, 0.15) is 25.1 Å². The van der Waals surface area contributed by atoms with Crippen LogP contribution in [0.3, 0.4) is 0 Å². The lowest BCUT2D eigenvalue weighted by Gasteiger charge is -2.02. The molecular formula is C9H15N3. The van der Waals surface area contributed by atoms with Crippen molar-refractivity contribution in [3.8, 4) is 0 Å². The molecule has 1 aliphatic carbocycles. The van der Waals surface area contributed by atoms with E-state index in [-0.39, 0.29) is 0 Å². The maximum Gasteiger partial charge on any atom is 0.112 e. The number of rotatable bonds is 3.